The fourth-order valence-electron chi connectivity index (χ4n) is 4.04. The fraction of sp³-hybridized carbons (Fsp3) is 0.261. The van der Waals surface area contributed by atoms with E-state index in [4.69, 9.17) is 4.84 Å². The number of aliphatic imine (C=N–C) groups is 1. The first-order valence-corrected chi connectivity index (χ1v) is 10.5. The summed E-state index contributed by atoms with van der Waals surface area (Å²) < 4.78 is 13.9. The number of fused-ring (bicyclic) bond motifs is 2. The largest absolute Gasteiger partial charge is 0.494 e. The highest BCUT2D eigenvalue weighted by Crippen LogP contribution is 2.35. The number of H-pyrrole nitrogens is 1. The number of oxime groups is 1. The molecule has 1 aromatic heterocycles. The zero-order valence-corrected chi connectivity index (χ0v) is 17.3. The van der Waals surface area contributed by atoms with Crippen LogP contribution in [0.15, 0.2) is 52.6 Å². The van der Waals surface area contributed by atoms with Crippen molar-refractivity contribution < 1.29 is 19.1 Å². The predicted octanol–water partition coefficient (Wildman–Crippen LogP) is 2.69. The van der Waals surface area contributed by atoms with E-state index in [2.05, 4.69) is 20.4 Å². The molecule has 0 saturated carbocycles. The number of amides is 1. The van der Waals surface area contributed by atoms with Crippen LogP contribution in [0.4, 0.5) is 10.1 Å². The van der Waals surface area contributed by atoms with E-state index in [1.54, 1.807) is 6.07 Å². The number of aromatic nitrogens is 1. The Morgan fingerprint density at radius 1 is 1.22 bits per heavy atom. The molecule has 32 heavy (non-hydrogen) atoms. The van der Waals surface area contributed by atoms with Gasteiger partial charge in [-0.2, -0.15) is 0 Å². The number of benzene rings is 2. The van der Waals surface area contributed by atoms with Crippen molar-refractivity contribution in [3.8, 4) is 5.88 Å². The number of carbonyl (C=O) groups excluding carboxylic acids is 1. The Labute approximate surface area is 183 Å². The molecule has 2 aromatic carbocycles. The molecule has 0 bridgehead atoms. The normalized spacial score (nSPS) is 17.0. The van der Waals surface area contributed by atoms with Crippen molar-refractivity contribution in [2.24, 2.45) is 10.1 Å². The third-order valence-electron chi connectivity index (χ3n) is 5.63. The van der Waals surface area contributed by atoms with Gasteiger partial charge in [0.25, 0.3) is 0 Å². The number of hydrogen-bond donors (Lipinski definition) is 3. The van der Waals surface area contributed by atoms with Gasteiger partial charge in [0.15, 0.2) is 5.88 Å². The lowest BCUT2D eigenvalue weighted by molar-refractivity contribution is -0.132. The number of nitrogens with zero attached hydrogens (tertiary/aromatic N) is 3. The smallest absolute Gasteiger partial charge is 0.226 e. The van der Waals surface area contributed by atoms with E-state index in [1.165, 1.54) is 12.1 Å². The Balaban J connectivity index is 1.41. The SMILES string of the molecule is O=C(CCO/N=C1/C(c2c(O)[nH]c3ccc(F)cc23)=Nc2ccccc21)N1CCNCC1. The highest BCUT2D eigenvalue weighted by atomic mass is 19.1. The third kappa shape index (κ3) is 3.71. The average Bonchev–Trinajstić information content (AvgIpc) is 3.33. The van der Waals surface area contributed by atoms with Crippen molar-refractivity contribution in [2.75, 3.05) is 32.8 Å². The number of nitrogens with one attached hydrogen (secondary N) is 2. The van der Waals surface area contributed by atoms with Gasteiger partial charge in [0.2, 0.25) is 5.91 Å². The molecule has 0 radical (unpaired) electrons. The number of hydrogen-bond acceptors (Lipinski definition) is 6. The number of piperazine rings is 1. The second-order valence-electron chi connectivity index (χ2n) is 7.67. The minimum Gasteiger partial charge on any atom is -0.494 e. The quantitative estimate of drug-likeness (QED) is 0.424. The molecule has 1 fully saturated rings. The molecule has 164 valence electrons. The van der Waals surface area contributed by atoms with Crippen molar-refractivity contribution in [1.29, 1.82) is 0 Å². The van der Waals surface area contributed by atoms with Gasteiger partial charge in [-0.1, -0.05) is 23.4 Å². The number of rotatable bonds is 5. The molecule has 5 rings (SSSR count). The number of halogens is 1. The summed E-state index contributed by atoms with van der Waals surface area (Å²) in [5.74, 6) is -0.522. The molecule has 1 amide bonds. The average molecular weight is 435 g/mol. The minimum atomic E-state index is -0.421. The fourth-order valence-corrected chi connectivity index (χ4v) is 4.04. The summed E-state index contributed by atoms with van der Waals surface area (Å²) in [6.45, 7) is 3.08. The van der Waals surface area contributed by atoms with E-state index < -0.39 is 5.82 Å². The molecule has 8 nitrogen and oxygen atoms in total. The lowest BCUT2D eigenvalue weighted by Crippen LogP contribution is -2.46. The van der Waals surface area contributed by atoms with Crippen LogP contribution in [-0.2, 0) is 9.63 Å². The molecule has 9 heteroatoms. The second kappa shape index (κ2) is 8.43. The van der Waals surface area contributed by atoms with Gasteiger partial charge < -0.3 is 25.1 Å². The van der Waals surface area contributed by atoms with Crippen molar-refractivity contribution in [1.82, 2.24) is 15.2 Å². The monoisotopic (exact) mass is 435 g/mol. The van der Waals surface area contributed by atoms with Gasteiger partial charge >= 0.3 is 0 Å². The van der Waals surface area contributed by atoms with Gasteiger partial charge in [0.1, 0.15) is 23.8 Å². The first-order chi connectivity index (χ1) is 15.6. The van der Waals surface area contributed by atoms with Gasteiger partial charge in [-0.3, -0.25) is 4.79 Å². The van der Waals surface area contributed by atoms with Crippen molar-refractivity contribution in [3.05, 3.63) is 59.4 Å². The lowest BCUT2D eigenvalue weighted by atomic mass is 10.0. The van der Waals surface area contributed by atoms with Crippen LogP contribution in [0.1, 0.15) is 17.5 Å². The Bertz CT molecular complexity index is 1240. The first-order valence-electron chi connectivity index (χ1n) is 10.5. The molecule has 0 aliphatic carbocycles. The van der Waals surface area contributed by atoms with Crippen LogP contribution in [0.5, 0.6) is 5.88 Å². The Kier molecular flexibility index (Phi) is 5.32. The van der Waals surface area contributed by atoms with Crippen LogP contribution in [0, 0.1) is 5.82 Å². The van der Waals surface area contributed by atoms with E-state index in [9.17, 15) is 14.3 Å². The van der Waals surface area contributed by atoms with Crippen molar-refractivity contribution in [2.45, 2.75) is 6.42 Å². The summed E-state index contributed by atoms with van der Waals surface area (Å²) in [6.07, 6.45) is 0.217. The molecule has 1 saturated heterocycles. The van der Waals surface area contributed by atoms with Gasteiger partial charge in [0, 0.05) is 42.6 Å². The summed E-state index contributed by atoms with van der Waals surface area (Å²) >= 11 is 0. The minimum absolute atomic E-state index is 0.0251. The van der Waals surface area contributed by atoms with E-state index in [-0.39, 0.29) is 24.8 Å². The van der Waals surface area contributed by atoms with E-state index in [0.717, 1.165) is 18.7 Å². The van der Waals surface area contributed by atoms with Gasteiger partial charge in [-0.15, -0.1) is 0 Å². The molecule has 3 heterocycles. The maximum Gasteiger partial charge on any atom is 0.226 e. The summed E-state index contributed by atoms with van der Waals surface area (Å²) in [6, 6.07) is 11.6. The van der Waals surface area contributed by atoms with Gasteiger partial charge in [-0.25, -0.2) is 9.38 Å². The zero-order chi connectivity index (χ0) is 22.1. The van der Waals surface area contributed by atoms with Gasteiger partial charge in [-0.05, 0) is 24.3 Å². The van der Waals surface area contributed by atoms with Crippen LogP contribution in [0.2, 0.25) is 0 Å². The Hall–Kier alpha value is -3.72. The number of aromatic hydroxyl groups is 1. The molecule has 0 unspecified atom stereocenters. The number of aromatic amines is 1. The van der Waals surface area contributed by atoms with Crippen LogP contribution in [-0.4, -0.2) is 65.1 Å². The molecule has 0 spiro atoms. The van der Waals surface area contributed by atoms with E-state index in [0.29, 0.717) is 46.7 Å². The first kappa shape index (κ1) is 20.2. The summed E-state index contributed by atoms with van der Waals surface area (Å²) in [5.41, 5.74) is 3.16. The molecule has 2 aliphatic rings. The lowest BCUT2D eigenvalue weighted by Gasteiger charge is -2.27. The summed E-state index contributed by atoms with van der Waals surface area (Å²) in [4.78, 5) is 27.1. The Morgan fingerprint density at radius 3 is 2.88 bits per heavy atom. The topological polar surface area (TPSA) is 102 Å². The standard InChI is InChI=1S/C23H22FN5O3/c24-14-5-6-18-16(13-14)20(23(31)27-18)22-21(15-3-1-2-4-17(15)26-22)28-32-12-7-19(30)29-10-8-25-9-11-29/h1-6,13,25,27,31H,7-12H2/b28-21+. The molecular formula is C23H22FN5O3. The van der Waals surface area contributed by atoms with Crippen LogP contribution in [0.25, 0.3) is 10.9 Å². The second-order valence-corrected chi connectivity index (χ2v) is 7.67. The number of para-hydroxylation sites is 1. The zero-order valence-electron chi connectivity index (χ0n) is 17.3. The highest BCUT2D eigenvalue weighted by Gasteiger charge is 2.29. The van der Waals surface area contributed by atoms with Crippen LogP contribution in [0.3, 0.4) is 0 Å². The van der Waals surface area contributed by atoms with Crippen molar-refractivity contribution >= 4 is 33.9 Å². The van der Waals surface area contributed by atoms with E-state index >= 15 is 0 Å². The molecular weight excluding hydrogens is 413 g/mol. The Morgan fingerprint density at radius 2 is 2.03 bits per heavy atom. The summed E-state index contributed by atoms with van der Waals surface area (Å²) in [5, 5.41) is 18.5. The van der Waals surface area contributed by atoms with Crippen LogP contribution < -0.4 is 5.32 Å². The van der Waals surface area contributed by atoms with E-state index in [1.807, 2.05) is 29.2 Å². The highest BCUT2D eigenvalue weighted by molar-refractivity contribution is 6.58. The van der Waals surface area contributed by atoms with Gasteiger partial charge in [0.05, 0.1) is 17.7 Å². The maximum atomic E-state index is 13.9. The molecule has 3 aromatic rings. The summed E-state index contributed by atoms with van der Waals surface area (Å²) in [7, 11) is 0. The third-order valence-corrected chi connectivity index (χ3v) is 5.63. The maximum absolute atomic E-state index is 13.9. The van der Waals surface area contributed by atoms with Crippen LogP contribution >= 0.6 is 0 Å². The predicted molar refractivity (Wildman–Crippen MR) is 119 cm³/mol. The number of carbonyl (C=O) groups is 1. The van der Waals surface area contributed by atoms with Crippen molar-refractivity contribution in [3.63, 3.8) is 0 Å². The molecule has 2 aliphatic heterocycles. The molecule has 3 N–H and O–H groups in total. The molecule has 0 atom stereocenters.